The molecule has 3 heteroatoms. The largest absolute Gasteiger partial charge is 0.355 e. The molecule has 118 valence electrons. The van der Waals surface area contributed by atoms with Crippen molar-refractivity contribution >= 4 is 5.78 Å². The van der Waals surface area contributed by atoms with E-state index in [4.69, 9.17) is 4.74 Å². The summed E-state index contributed by atoms with van der Waals surface area (Å²) in [6.07, 6.45) is 0.863. The number of carbonyl (C=O) groups is 1. The van der Waals surface area contributed by atoms with Crippen LogP contribution >= 0.6 is 0 Å². The van der Waals surface area contributed by atoms with Gasteiger partial charge in [0.15, 0.2) is 11.5 Å². The van der Waals surface area contributed by atoms with Crippen LogP contribution in [0.1, 0.15) is 46.6 Å². The Labute approximate surface area is 133 Å². The van der Waals surface area contributed by atoms with Gasteiger partial charge in [0.25, 0.3) is 0 Å². The molecule has 3 nitrogen and oxygen atoms in total. The number of ether oxygens (including phenoxy) is 1. The second-order valence-corrected chi connectivity index (χ2v) is 6.65. The highest BCUT2D eigenvalue weighted by atomic mass is 16.5. The predicted octanol–water partition coefficient (Wildman–Crippen LogP) is 3.65. The molecule has 0 aromatic heterocycles. The maximum absolute atomic E-state index is 12.4. The van der Waals surface area contributed by atoms with Gasteiger partial charge in [0, 0.05) is 30.3 Å². The van der Waals surface area contributed by atoms with E-state index in [9.17, 15) is 4.79 Å². The molecule has 22 heavy (non-hydrogen) atoms. The van der Waals surface area contributed by atoms with Crippen LogP contribution in [0, 0.1) is 0 Å². The highest BCUT2D eigenvalue weighted by Crippen LogP contribution is 2.71. The fourth-order valence-corrected chi connectivity index (χ4v) is 4.63. The standard InChI is InChI=1S/C19H25NO2/c1-6-22-19-12-18(19,16-10-8-7-9-11-16)17(15(5)21)14(4)20(19)13(2)3/h7-11,13H,6,12H2,1-5H3. The molecule has 1 saturated carbocycles. The lowest BCUT2D eigenvalue weighted by atomic mass is 9.85. The maximum atomic E-state index is 12.4. The molecule has 1 heterocycles. The van der Waals surface area contributed by atoms with Gasteiger partial charge in [0.1, 0.15) is 0 Å². The van der Waals surface area contributed by atoms with Crippen molar-refractivity contribution in [2.45, 2.75) is 58.2 Å². The molecule has 2 aliphatic rings. The summed E-state index contributed by atoms with van der Waals surface area (Å²) in [4.78, 5) is 14.8. The average molecular weight is 299 g/mol. The van der Waals surface area contributed by atoms with Crippen LogP contribution in [-0.4, -0.2) is 29.1 Å². The molecule has 3 rings (SSSR count). The second-order valence-electron chi connectivity index (χ2n) is 6.65. The lowest BCUT2D eigenvalue weighted by molar-refractivity contribution is -0.114. The van der Waals surface area contributed by atoms with Crippen LogP contribution in [0.25, 0.3) is 0 Å². The molecule has 2 unspecified atom stereocenters. The van der Waals surface area contributed by atoms with Gasteiger partial charge in [-0.15, -0.1) is 0 Å². The summed E-state index contributed by atoms with van der Waals surface area (Å²) < 4.78 is 6.28. The molecule has 0 bridgehead atoms. The van der Waals surface area contributed by atoms with E-state index in [1.807, 2.05) is 25.1 Å². The van der Waals surface area contributed by atoms with E-state index in [0.717, 1.165) is 17.7 Å². The first-order chi connectivity index (χ1) is 10.4. The van der Waals surface area contributed by atoms with E-state index in [1.165, 1.54) is 5.56 Å². The molecular weight excluding hydrogens is 274 g/mol. The smallest absolute Gasteiger partial charge is 0.158 e. The summed E-state index contributed by atoms with van der Waals surface area (Å²) in [5.74, 6) is 0.158. The number of allylic oxidation sites excluding steroid dienone is 1. The van der Waals surface area contributed by atoms with Crippen molar-refractivity contribution < 1.29 is 9.53 Å². The van der Waals surface area contributed by atoms with Crippen LogP contribution in [0.2, 0.25) is 0 Å². The van der Waals surface area contributed by atoms with E-state index < -0.39 is 0 Å². The molecule has 0 saturated heterocycles. The monoisotopic (exact) mass is 299 g/mol. The Hall–Kier alpha value is -1.61. The average Bonchev–Trinajstić information content (AvgIpc) is 3.03. The molecule has 0 amide bonds. The Morgan fingerprint density at radius 1 is 1.32 bits per heavy atom. The first kappa shape index (κ1) is 15.3. The van der Waals surface area contributed by atoms with Crippen LogP contribution in [0.5, 0.6) is 0 Å². The first-order valence-electron chi connectivity index (χ1n) is 8.13. The van der Waals surface area contributed by atoms with Gasteiger partial charge in [-0.05, 0) is 40.2 Å². The van der Waals surface area contributed by atoms with Crippen molar-refractivity contribution in [3.63, 3.8) is 0 Å². The van der Waals surface area contributed by atoms with E-state index in [0.29, 0.717) is 12.6 Å². The van der Waals surface area contributed by atoms with E-state index in [-0.39, 0.29) is 16.9 Å². The fraction of sp³-hybridized carbons (Fsp3) is 0.526. The fourth-order valence-electron chi connectivity index (χ4n) is 4.63. The zero-order valence-corrected chi connectivity index (χ0v) is 14.1. The number of hydrogen-bond donors (Lipinski definition) is 0. The van der Waals surface area contributed by atoms with Crippen LogP contribution in [0.15, 0.2) is 41.6 Å². The zero-order valence-electron chi connectivity index (χ0n) is 14.1. The molecule has 1 aliphatic heterocycles. The molecule has 0 N–H and O–H groups in total. The van der Waals surface area contributed by atoms with Crippen molar-refractivity contribution in [1.82, 2.24) is 4.90 Å². The number of nitrogens with zero attached hydrogens (tertiary/aromatic N) is 1. The van der Waals surface area contributed by atoms with Crippen molar-refractivity contribution in [3.8, 4) is 0 Å². The number of Topliss-reactive ketones (excluding diaryl/α,β-unsaturated/α-hetero) is 1. The van der Waals surface area contributed by atoms with Crippen molar-refractivity contribution in [1.29, 1.82) is 0 Å². The van der Waals surface area contributed by atoms with Crippen LogP contribution in [0.3, 0.4) is 0 Å². The Morgan fingerprint density at radius 2 is 1.95 bits per heavy atom. The SMILES string of the molecule is CCOC12CC1(c1ccccc1)C(C(C)=O)=C(C)N2C(C)C. The van der Waals surface area contributed by atoms with Gasteiger partial charge in [0.05, 0.1) is 5.41 Å². The molecule has 1 aromatic rings. The lowest BCUT2D eigenvalue weighted by Crippen LogP contribution is -2.43. The van der Waals surface area contributed by atoms with Crippen LogP contribution in [0.4, 0.5) is 0 Å². The summed E-state index contributed by atoms with van der Waals surface area (Å²) in [5.41, 5.74) is 2.51. The van der Waals surface area contributed by atoms with E-state index in [2.05, 4.69) is 37.8 Å². The molecule has 1 aliphatic carbocycles. The number of fused-ring (bicyclic) bond motifs is 1. The van der Waals surface area contributed by atoms with Gasteiger partial charge >= 0.3 is 0 Å². The van der Waals surface area contributed by atoms with Gasteiger partial charge < -0.3 is 9.64 Å². The number of rotatable bonds is 5. The third kappa shape index (κ3) is 1.69. The summed E-state index contributed by atoms with van der Waals surface area (Å²) >= 11 is 0. The summed E-state index contributed by atoms with van der Waals surface area (Å²) in [7, 11) is 0. The molecule has 1 aromatic carbocycles. The van der Waals surface area contributed by atoms with E-state index in [1.54, 1.807) is 6.92 Å². The minimum Gasteiger partial charge on any atom is -0.355 e. The number of hydrogen-bond acceptors (Lipinski definition) is 3. The number of ketones is 1. The molecule has 0 radical (unpaired) electrons. The summed E-state index contributed by atoms with van der Waals surface area (Å²) in [5, 5.41) is 0. The van der Waals surface area contributed by atoms with Gasteiger partial charge in [-0.25, -0.2) is 0 Å². The Bertz CT molecular complexity index is 634. The van der Waals surface area contributed by atoms with Gasteiger partial charge in [-0.3, -0.25) is 4.79 Å². The zero-order chi connectivity index (χ0) is 16.1. The Kier molecular flexibility index (Phi) is 3.44. The Morgan fingerprint density at radius 3 is 2.45 bits per heavy atom. The van der Waals surface area contributed by atoms with Crippen molar-refractivity contribution in [2.24, 2.45) is 0 Å². The summed E-state index contributed by atoms with van der Waals surface area (Å²) in [6, 6.07) is 10.7. The van der Waals surface area contributed by atoms with Crippen LogP contribution in [-0.2, 0) is 14.9 Å². The molecule has 1 fully saturated rings. The second kappa shape index (κ2) is 4.95. The normalized spacial score (nSPS) is 30.0. The minimum atomic E-state index is -0.387. The Balaban J connectivity index is 2.22. The predicted molar refractivity (Wildman–Crippen MR) is 87.5 cm³/mol. The van der Waals surface area contributed by atoms with Gasteiger partial charge in [0.2, 0.25) is 0 Å². The van der Waals surface area contributed by atoms with Gasteiger partial charge in [-0.1, -0.05) is 30.3 Å². The maximum Gasteiger partial charge on any atom is 0.158 e. The third-order valence-electron chi connectivity index (χ3n) is 5.10. The van der Waals surface area contributed by atoms with Gasteiger partial charge in [-0.2, -0.15) is 0 Å². The highest BCUT2D eigenvalue weighted by molar-refractivity contribution is 5.99. The lowest BCUT2D eigenvalue weighted by Gasteiger charge is -2.36. The minimum absolute atomic E-state index is 0.158. The first-order valence-corrected chi connectivity index (χ1v) is 8.13. The number of benzene rings is 1. The quantitative estimate of drug-likeness (QED) is 0.831. The van der Waals surface area contributed by atoms with Crippen molar-refractivity contribution in [3.05, 3.63) is 47.2 Å². The van der Waals surface area contributed by atoms with E-state index >= 15 is 0 Å². The topological polar surface area (TPSA) is 29.5 Å². The number of carbonyl (C=O) groups excluding carboxylic acids is 1. The van der Waals surface area contributed by atoms with Crippen LogP contribution < -0.4 is 0 Å². The third-order valence-corrected chi connectivity index (χ3v) is 5.10. The highest BCUT2D eigenvalue weighted by Gasteiger charge is 2.79. The molecule has 0 spiro atoms. The molecule has 2 atom stereocenters. The van der Waals surface area contributed by atoms with Crippen molar-refractivity contribution in [2.75, 3.05) is 6.61 Å². The summed E-state index contributed by atoms with van der Waals surface area (Å²) in [6.45, 7) is 10.8. The molecular formula is C19H25NO2.